The van der Waals surface area contributed by atoms with Gasteiger partial charge in [0.25, 0.3) is 5.91 Å². The molecule has 1 aliphatic carbocycles. The van der Waals surface area contributed by atoms with Gasteiger partial charge in [-0.15, -0.1) is 5.10 Å². The van der Waals surface area contributed by atoms with E-state index in [1.165, 1.54) is 0 Å². The molecule has 2 N–H and O–H groups in total. The summed E-state index contributed by atoms with van der Waals surface area (Å²) in [5.74, 6) is 0.597. The molecule has 1 saturated carbocycles. The second-order valence-electron chi connectivity index (χ2n) is 5.67. The Morgan fingerprint density at radius 3 is 2.82 bits per heavy atom. The molecule has 2 aromatic rings. The zero-order valence-corrected chi connectivity index (χ0v) is 12.4. The first-order chi connectivity index (χ1) is 10.7. The van der Waals surface area contributed by atoms with Crippen LogP contribution < -0.4 is 15.5 Å². The molecular weight excluding hydrogens is 278 g/mol. The number of benzene rings is 1. The summed E-state index contributed by atoms with van der Waals surface area (Å²) in [5.41, 5.74) is 9.02. The number of carbonyl (C=O) groups is 1. The SMILES string of the molecule is CCN1C(=O)c2ccnnc2N(C2CC2)c2ccc(N)cc21. The van der Waals surface area contributed by atoms with Crippen LogP contribution in [0.3, 0.4) is 0 Å². The van der Waals surface area contributed by atoms with E-state index in [9.17, 15) is 4.79 Å². The maximum Gasteiger partial charge on any atom is 0.262 e. The average molecular weight is 295 g/mol. The van der Waals surface area contributed by atoms with E-state index in [4.69, 9.17) is 5.73 Å². The van der Waals surface area contributed by atoms with E-state index in [0.717, 1.165) is 24.2 Å². The molecule has 2 heterocycles. The summed E-state index contributed by atoms with van der Waals surface area (Å²) in [7, 11) is 0. The van der Waals surface area contributed by atoms with Crippen LogP contribution in [0.5, 0.6) is 0 Å². The van der Waals surface area contributed by atoms with Gasteiger partial charge in [-0.2, -0.15) is 5.10 Å². The number of amides is 1. The Morgan fingerprint density at radius 1 is 1.27 bits per heavy atom. The number of anilines is 4. The lowest BCUT2D eigenvalue weighted by molar-refractivity contribution is 0.0989. The van der Waals surface area contributed by atoms with Crippen molar-refractivity contribution in [3.63, 3.8) is 0 Å². The van der Waals surface area contributed by atoms with Crippen molar-refractivity contribution in [1.29, 1.82) is 0 Å². The maximum absolute atomic E-state index is 12.9. The Kier molecular flexibility index (Phi) is 2.79. The number of hydrogen-bond acceptors (Lipinski definition) is 5. The maximum atomic E-state index is 12.9. The number of hydrogen-bond donors (Lipinski definition) is 1. The Labute approximate surface area is 128 Å². The van der Waals surface area contributed by atoms with E-state index in [-0.39, 0.29) is 5.91 Å². The van der Waals surface area contributed by atoms with E-state index >= 15 is 0 Å². The molecule has 4 rings (SSSR count). The smallest absolute Gasteiger partial charge is 0.262 e. The van der Waals surface area contributed by atoms with Crippen LogP contribution in [0.2, 0.25) is 0 Å². The van der Waals surface area contributed by atoms with Crippen LogP contribution in [0.1, 0.15) is 30.1 Å². The van der Waals surface area contributed by atoms with Gasteiger partial charge in [-0.3, -0.25) is 4.79 Å². The van der Waals surface area contributed by atoms with Gasteiger partial charge in [0.2, 0.25) is 0 Å². The van der Waals surface area contributed by atoms with E-state index in [2.05, 4.69) is 15.1 Å². The minimum absolute atomic E-state index is 0.0533. The van der Waals surface area contributed by atoms with Gasteiger partial charge in [0.05, 0.1) is 23.1 Å². The topological polar surface area (TPSA) is 75.4 Å². The van der Waals surface area contributed by atoms with Crippen molar-refractivity contribution in [2.75, 3.05) is 22.1 Å². The third kappa shape index (κ3) is 1.83. The van der Waals surface area contributed by atoms with Crippen LogP contribution in [-0.4, -0.2) is 28.7 Å². The minimum Gasteiger partial charge on any atom is -0.399 e. The molecule has 0 unspecified atom stereocenters. The highest BCUT2D eigenvalue weighted by Crippen LogP contribution is 2.46. The van der Waals surface area contributed by atoms with Crippen LogP contribution in [-0.2, 0) is 0 Å². The van der Waals surface area contributed by atoms with Crippen molar-refractivity contribution in [1.82, 2.24) is 10.2 Å². The first-order valence-corrected chi connectivity index (χ1v) is 7.53. The van der Waals surface area contributed by atoms with Gasteiger partial charge in [-0.25, -0.2) is 0 Å². The molecule has 0 spiro atoms. The fraction of sp³-hybridized carbons (Fsp3) is 0.312. The molecule has 22 heavy (non-hydrogen) atoms. The molecule has 6 heteroatoms. The Hall–Kier alpha value is -2.63. The molecule has 1 aromatic carbocycles. The van der Waals surface area contributed by atoms with Gasteiger partial charge >= 0.3 is 0 Å². The second kappa shape index (κ2) is 4.69. The summed E-state index contributed by atoms with van der Waals surface area (Å²) in [4.78, 5) is 16.8. The van der Waals surface area contributed by atoms with Crippen molar-refractivity contribution in [2.24, 2.45) is 0 Å². The molecule has 0 atom stereocenters. The van der Waals surface area contributed by atoms with Crippen molar-refractivity contribution in [3.8, 4) is 0 Å². The quantitative estimate of drug-likeness (QED) is 0.861. The van der Waals surface area contributed by atoms with Crippen LogP contribution in [0, 0.1) is 0 Å². The van der Waals surface area contributed by atoms with E-state index < -0.39 is 0 Å². The van der Waals surface area contributed by atoms with Gasteiger partial charge in [-0.05, 0) is 44.0 Å². The van der Waals surface area contributed by atoms with E-state index in [0.29, 0.717) is 29.7 Å². The first kappa shape index (κ1) is 13.1. The van der Waals surface area contributed by atoms with Crippen LogP contribution in [0.15, 0.2) is 30.5 Å². The number of nitrogens with two attached hydrogens (primary N) is 1. The molecule has 2 aliphatic rings. The number of carbonyl (C=O) groups excluding carboxylic acids is 1. The third-order valence-electron chi connectivity index (χ3n) is 4.18. The van der Waals surface area contributed by atoms with Gasteiger partial charge in [0, 0.05) is 18.3 Å². The molecule has 0 bridgehead atoms. The summed E-state index contributed by atoms with van der Waals surface area (Å²) in [5, 5.41) is 8.25. The molecule has 1 amide bonds. The lowest BCUT2D eigenvalue weighted by atomic mass is 10.2. The molecule has 0 saturated heterocycles. The predicted molar refractivity (Wildman–Crippen MR) is 85.4 cm³/mol. The fourth-order valence-electron chi connectivity index (χ4n) is 3.01. The van der Waals surface area contributed by atoms with Gasteiger partial charge in [0.1, 0.15) is 0 Å². The summed E-state index contributed by atoms with van der Waals surface area (Å²) >= 11 is 0. The van der Waals surface area contributed by atoms with Crippen molar-refractivity contribution >= 4 is 28.8 Å². The number of fused-ring (bicyclic) bond motifs is 2. The zero-order chi connectivity index (χ0) is 15.3. The van der Waals surface area contributed by atoms with Gasteiger partial charge < -0.3 is 15.5 Å². The second-order valence-corrected chi connectivity index (χ2v) is 5.67. The predicted octanol–water partition coefficient (Wildman–Crippen LogP) is 2.34. The standard InChI is InChI=1S/C16H17N5O/c1-2-20-14-9-10(17)3-6-13(14)21(11-4-5-11)15-12(16(20)22)7-8-18-19-15/h3,6-9,11H,2,4-5,17H2,1H3. The Bertz CT molecular complexity index is 756. The van der Waals surface area contributed by atoms with Gasteiger partial charge in [-0.1, -0.05) is 0 Å². The van der Waals surface area contributed by atoms with Crippen LogP contribution in [0.4, 0.5) is 22.9 Å². The lowest BCUT2D eigenvalue weighted by Crippen LogP contribution is -2.30. The van der Waals surface area contributed by atoms with Gasteiger partial charge in [0.15, 0.2) is 5.82 Å². The third-order valence-corrected chi connectivity index (χ3v) is 4.18. The van der Waals surface area contributed by atoms with Crippen molar-refractivity contribution < 1.29 is 4.79 Å². The molecule has 0 radical (unpaired) electrons. The van der Waals surface area contributed by atoms with Crippen molar-refractivity contribution in [2.45, 2.75) is 25.8 Å². The normalized spacial score (nSPS) is 17.0. The van der Waals surface area contributed by atoms with E-state index in [1.54, 1.807) is 17.2 Å². The largest absolute Gasteiger partial charge is 0.399 e. The average Bonchev–Trinajstić information content (AvgIpc) is 3.35. The number of nitrogen functional groups attached to an aromatic ring is 1. The Balaban J connectivity index is 2.01. The van der Waals surface area contributed by atoms with Crippen LogP contribution in [0.25, 0.3) is 0 Å². The Morgan fingerprint density at radius 2 is 2.09 bits per heavy atom. The molecule has 1 fully saturated rings. The fourth-order valence-corrected chi connectivity index (χ4v) is 3.01. The lowest BCUT2D eigenvalue weighted by Gasteiger charge is -2.26. The summed E-state index contributed by atoms with van der Waals surface area (Å²) in [6.07, 6.45) is 3.76. The number of rotatable bonds is 2. The van der Waals surface area contributed by atoms with E-state index in [1.807, 2.05) is 25.1 Å². The minimum atomic E-state index is -0.0533. The first-order valence-electron chi connectivity index (χ1n) is 7.53. The zero-order valence-electron chi connectivity index (χ0n) is 12.4. The molecule has 6 nitrogen and oxygen atoms in total. The van der Waals surface area contributed by atoms with Crippen LogP contribution >= 0.6 is 0 Å². The van der Waals surface area contributed by atoms with Crippen molar-refractivity contribution in [3.05, 3.63) is 36.0 Å². The summed E-state index contributed by atoms with van der Waals surface area (Å²) in [6, 6.07) is 7.84. The molecule has 1 aromatic heterocycles. The highest BCUT2D eigenvalue weighted by Gasteiger charge is 2.39. The highest BCUT2D eigenvalue weighted by atomic mass is 16.2. The summed E-state index contributed by atoms with van der Waals surface area (Å²) < 4.78 is 0. The highest BCUT2D eigenvalue weighted by molar-refractivity contribution is 6.13. The number of aromatic nitrogens is 2. The number of nitrogens with zero attached hydrogens (tertiary/aromatic N) is 4. The molecule has 1 aliphatic heterocycles. The summed E-state index contributed by atoms with van der Waals surface area (Å²) in [6.45, 7) is 2.54. The molecule has 112 valence electrons. The molecular formula is C16H17N5O. The monoisotopic (exact) mass is 295 g/mol.